The van der Waals surface area contributed by atoms with Gasteiger partial charge in [-0.2, -0.15) is 0 Å². The lowest BCUT2D eigenvalue weighted by atomic mass is 9.68. The third kappa shape index (κ3) is 4.28. The van der Waals surface area contributed by atoms with E-state index >= 15 is 0 Å². The number of allylic oxidation sites excluding steroid dienone is 4. The minimum absolute atomic E-state index is 0.0380. The summed E-state index contributed by atoms with van der Waals surface area (Å²) in [5.74, 6) is 0. The molecule has 1 aromatic heterocycles. The number of hydrogen-bond donors (Lipinski definition) is 0. The summed E-state index contributed by atoms with van der Waals surface area (Å²) in [5, 5.41) is 2.25. The first-order chi connectivity index (χ1) is 26.5. The SMILES string of the molecule is CC1(C)C2=C(C=CCC2)c2ccc(N(c3ccc4c(c3)-c3ccccc3C4(c3ccccc3)c3ccccc3)c3ccc4oc5ccccc5c4c3)cc21. The van der Waals surface area contributed by atoms with E-state index in [-0.39, 0.29) is 5.41 Å². The molecule has 0 amide bonds. The normalized spacial score (nSPS) is 16.0. The summed E-state index contributed by atoms with van der Waals surface area (Å²) < 4.78 is 6.32. The Kier molecular flexibility index (Phi) is 6.67. The highest BCUT2D eigenvalue weighted by Gasteiger charge is 2.46. The molecule has 54 heavy (non-hydrogen) atoms. The summed E-state index contributed by atoms with van der Waals surface area (Å²) in [6.45, 7) is 4.81. The van der Waals surface area contributed by atoms with Gasteiger partial charge in [-0.3, -0.25) is 0 Å². The highest BCUT2D eigenvalue weighted by atomic mass is 16.3. The van der Waals surface area contributed by atoms with Crippen LogP contribution >= 0.6 is 0 Å². The molecule has 0 atom stereocenters. The van der Waals surface area contributed by atoms with Crippen LogP contribution in [0.2, 0.25) is 0 Å². The largest absolute Gasteiger partial charge is 0.456 e. The fraction of sp³-hybridized carbons (Fsp3) is 0.115. The number of benzene rings is 7. The van der Waals surface area contributed by atoms with Gasteiger partial charge in [0.25, 0.3) is 0 Å². The Morgan fingerprint density at radius 3 is 1.94 bits per heavy atom. The quantitative estimate of drug-likeness (QED) is 0.178. The second kappa shape index (κ2) is 11.6. The molecule has 0 radical (unpaired) electrons. The van der Waals surface area contributed by atoms with Crippen LogP contribution in [-0.2, 0) is 10.8 Å². The summed E-state index contributed by atoms with van der Waals surface area (Å²) in [5.41, 5.74) is 18.2. The second-order valence-electron chi connectivity index (χ2n) is 15.6. The topological polar surface area (TPSA) is 16.4 Å². The predicted molar refractivity (Wildman–Crippen MR) is 224 cm³/mol. The fourth-order valence-corrected chi connectivity index (χ4v) is 10.0. The Labute approximate surface area is 316 Å². The van der Waals surface area contributed by atoms with Crippen molar-refractivity contribution in [2.24, 2.45) is 0 Å². The Bertz CT molecular complexity index is 2810. The van der Waals surface area contributed by atoms with Crippen LogP contribution in [0.25, 0.3) is 38.6 Å². The first-order valence-corrected chi connectivity index (χ1v) is 19.2. The molecule has 7 aromatic carbocycles. The zero-order valence-corrected chi connectivity index (χ0v) is 30.5. The molecule has 0 N–H and O–H groups in total. The van der Waals surface area contributed by atoms with Gasteiger partial charge in [0.1, 0.15) is 11.2 Å². The number of para-hydroxylation sites is 1. The van der Waals surface area contributed by atoms with Gasteiger partial charge in [0, 0.05) is 33.2 Å². The Morgan fingerprint density at radius 1 is 0.500 bits per heavy atom. The van der Waals surface area contributed by atoms with Gasteiger partial charge < -0.3 is 9.32 Å². The van der Waals surface area contributed by atoms with Crippen LogP contribution in [0.3, 0.4) is 0 Å². The highest BCUT2D eigenvalue weighted by molar-refractivity contribution is 6.06. The third-order valence-corrected chi connectivity index (χ3v) is 12.5. The van der Waals surface area contributed by atoms with Gasteiger partial charge >= 0.3 is 0 Å². The van der Waals surface area contributed by atoms with Crippen LogP contribution in [0.4, 0.5) is 17.1 Å². The van der Waals surface area contributed by atoms with E-state index in [0.29, 0.717) is 0 Å². The highest BCUT2D eigenvalue weighted by Crippen LogP contribution is 2.58. The molecule has 2 heteroatoms. The smallest absolute Gasteiger partial charge is 0.135 e. The molecular formula is C52H39NO. The van der Waals surface area contributed by atoms with Crippen molar-refractivity contribution in [1.82, 2.24) is 0 Å². The van der Waals surface area contributed by atoms with Crippen molar-refractivity contribution in [1.29, 1.82) is 0 Å². The first-order valence-electron chi connectivity index (χ1n) is 19.2. The average molecular weight is 694 g/mol. The Morgan fingerprint density at radius 2 is 1.13 bits per heavy atom. The molecule has 0 aliphatic heterocycles. The van der Waals surface area contributed by atoms with Crippen molar-refractivity contribution in [3.8, 4) is 11.1 Å². The molecule has 0 saturated carbocycles. The monoisotopic (exact) mass is 693 g/mol. The molecule has 11 rings (SSSR count). The molecule has 3 aliphatic carbocycles. The Balaban J connectivity index is 1.16. The summed E-state index contributed by atoms with van der Waals surface area (Å²) in [7, 11) is 0. The van der Waals surface area contributed by atoms with Crippen LogP contribution in [0.1, 0.15) is 60.1 Å². The molecule has 0 unspecified atom stereocenters. The van der Waals surface area contributed by atoms with E-state index in [0.717, 1.165) is 51.8 Å². The fourth-order valence-electron chi connectivity index (χ4n) is 10.0. The zero-order valence-electron chi connectivity index (χ0n) is 30.5. The predicted octanol–water partition coefficient (Wildman–Crippen LogP) is 13.8. The lowest BCUT2D eigenvalue weighted by Gasteiger charge is -2.34. The molecule has 258 valence electrons. The van der Waals surface area contributed by atoms with Gasteiger partial charge in [-0.15, -0.1) is 0 Å². The van der Waals surface area contributed by atoms with Gasteiger partial charge in [0.2, 0.25) is 0 Å². The molecule has 0 spiro atoms. The Hall–Kier alpha value is -6.38. The maximum Gasteiger partial charge on any atom is 0.135 e. The van der Waals surface area contributed by atoms with Gasteiger partial charge in [-0.25, -0.2) is 0 Å². The van der Waals surface area contributed by atoms with Crippen LogP contribution in [0, 0.1) is 0 Å². The standard InChI is InChI=1S/C52H39NO/c1-51(2)45-22-12-9-19-39(45)41-28-25-38(33-48(41)51)53(37-27-30-50-44(32-37)42-21-11-14-24-49(42)54-50)36-26-29-47-43(31-36)40-20-10-13-23-46(40)52(47,34-15-5-3-6-16-34)35-17-7-4-8-18-35/h3-11,13-21,23-33H,12,22H2,1-2H3. The molecular weight excluding hydrogens is 655 g/mol. The van der Waals surface area contributed by atoms with E-state index in [1.165, 1.54) is 50.1 Å². The summed E-state index contributed by atoms with van der Waals surface area (Å²) in [6.07, 6.45) is 6.91. The molecule has 8 aromatic rings. The average Bonchev–Trinajstić information content (AvgIpc) is 3.82. The van der Waals surface area contributed by atoms with E-state index in [1.54, 1.807) is 5.57 Å². The van der Waals surface area contributed by atoms with Gasteiger partial charge in [-0.1, -0.05) is 147 Å². The molecule has 0 saturated heterocycles. The van der Waals surface area contributed by atoms with Crippen molar-refractivity contribution in [3.05, 3.63) is 215 Å². The molecule has 0 bridgehead atoms. The number of rotatable bonds is 5. The van der Waals surface area contributed by atoms with E-state index < -0.39 is 5.41 Å². The minimum atomic E-state index is -0.442. The molecule has 1 heterocycles. The lowest BCUT2D eigenvalue weighted by Crippen LogP contribution is -2.28. The maximum absolute atomic E-state index is 6.32. The summed E-state index contributed by atoms with van der Waals surface area (Å²) in [4.78, 5) is 2.46. The van der Waals surface area contributed by atoms with Crippen molar-refractivity contribution in [2.75, 3.05) is 4.90 Å². The van der Waals surface area contributed by atoms with Crippen LogP contribution < -0.4 is 4.90 Å². The number of hydrogen-bond acceptors (Lipinski definition) is 2. The second-order valence-corrected chi connectivity index (χ2v) is 15.6. The van der Waals surface area contributed by atoms with Crippen molar-refractivity contribution >= 4 is 44.6 Å². The van der Waals surface area contributed by atoms with Crippen LogP contribution in [-0.4, -0.2) is 0 Å². The molecule has 0 fully saturated rings. The maximum atomic E-state index is 6.32. The number of anilines is 3. The lowest BCUT2D eigenvalue weighted by molar-refractivity contribution is 0.607. The van der Waals surface area contributed by atoms with E-state index in [1.807, 2.05) is 6.07 Å². The van der Waals surface area contributed by atoms with Crippen molar-refractivity contribution in [2.45, 2.75) is 37.5 Å². The van der Waals surface area contributed by atoms with Gasteiger partial charge in [-0.05, 0) is 111 Å². The number of nitrogens with zero attached hydrogens (tertiary/aromatic N) is 1. The van der Waals surface area contributed by atoms with E-state index in [2.05, 4.69) is 189 Å². The third-order valence-electron chi connectivity index (χ3n) is 12.5. The first kappa shape index (κ1) is 31.2. The molecule has 2 nitrogen and oxygen atoms in total. The zero-order chi connectivity index (χ0) is 36.0. The number of furan rings is 1. The van der Waals surface area contributed by atoms with Crippen LogP contribution in [0.5, 0.6) is 0 Å². The van der Waals surface area contributed by atoms with E-state index in [4.69, 9.17) is 4.42 Å². The minimum Gasteiger partial charge on any atom is -0.456 e. The summed E-state index contributed by atoms with van der Waals surface area (Å²) in [6, 6.07) is 60.4. The van der Waals surface area contributed by atoms with Gasteiger partial charge in [0.05, 0.1) is 5.41 Å². The van der Waals surface area contributed by atoms with Crippen molar-refractivity contribution in [3.63, 3.8) is 0 Å². The van der Waals surface area contributed by atoms with Gasteiger partial charge in [0.15, 0.2) is 0 Å². The van der Waals surface area contributed by atoms with E-state index in [9.17, 15) is 0 Å². The van der Waals surface area contributed by atoms with Crippen LogP contribution in [0.15, 0.2) is 186 Å². The van der Waals surface area contributed by atoms with Crippen molar-refractivity contribution < 1.29 is 4.42 Å². The summed E-state index contributed by atoms with van der Waals surface area (Å²) >= 11 is 0. The number of fused-ring (bicyclic) bond motifs is 8. The molecule has 3 aliphatic rings.